The molecule has 10 heavy (non-hydrogen) atoms. The molecule has 4 nitrogen and oxygen atoms in total. The number of rotatable bonds is 2. The summed E-state index contributed by atoms with van der Waals surface area (Å²) in [5, 5.41) is 16.1. The molecule has 5 heteroatoms. The Kier molecular flexibility index (Phi) is 6.76. The van der Waals surface area contributed by atoms with E-state index in [0.717, 1.165) is 0 Å². The van der Waals surface area contributed by atoms with E-state index in [1.165, 1.54) is 6.92 Å². The number of carboxylic acids is 2. The summed E-state index contributed by atoms with van der Waals surface area (Å²) >= 11 is 0. The summed E-state index contributed by atoms with van der Waals surface area (Å²) in [5.41, 5.74) is -0.178. The molecule has 0 saturated carbocycles. The standard InChI is InChI=1S/C5H6O4.Na.H/c1-3(5(8)9)2-4(6)7;;/h2H,1H3,(H,6,7)(H,8,9);;/q;+1;-1/b3-2-;;. The molecule has 0 radical (unpaired) electrons. The van der Waals surface area contributed by atoms with Crippen molar-refractivity contribution < 1.29 is 50.8 Å². The number of hydrogen-bond donors (Lipinski definition) is 2. The van der Waals surface area contributed by atoms with E-state index in [4.69, 9.17) is 10.2 Å². The molecule has 0 fully saturated rings. The Bertz CT molecular complexity index is 177. The molecule has 0 aliphatic rings. The van der Waals surface area contributed by atoms with Crippen molar-refractivity contribution in [1.29, 1.82) is 0 Å². The van der Waals surface area contributed by atoms with Gasteiger partial charge in [0.25, 0.3) is 0 Å². The Hall–Kier alpha value is -0.320. The molecule has 0 aromatic heterocycles. The Morgan fingerprint density at radius 1 is 1.40 bits per heavy atom. The van der Waals surface area contributed by atoms with E-state index >= 15 is 0 Å². The molecule has 0 aromatic carbocycles. The molecular weight excluding hydrogens is 147 g/mol. The fourth-order valence-electron chi connectivity index (χ4n) is 0.247. The maximum atomic E-state index is 9.90. The Morgan fingerprint density at radius 3 is 1.90 bits per heavy atom. The summed E-state index contributed by atoms with van der Waals surface area (Å²) in [5.74, 6) is -2.45. The molecule has 0 aliphatic heterocycles. The van der Waals surface area contributed by atoms with E-state index in [1.807, 2.05) is 0 Å². The molecule has 0 saturated heterocycles. The van der Waals surface area contributed by atoms with Crippen LogP contribution < -0.4 is 29.6 Å². The topological polar surface area (TPSA) is 74.6 Å². The minimum absolute atomic E-state index is 0. The van der Waals surface area contributed by atoms with Gasteiger partial charge in [-0.15, -0.1) is 0 Å². The molecule has 2 N–H and O–H groups in total. The number of carbonyl (C=O) groups is 2. The smallest absolute Gasteiger partial charge is 1.00 e. The van der Waals surface area contributed by atoms with Gasteiger partial charge in [-0.05, 0) is 6.92 Å². The zero-order chi connectivity index (χ0) is 7.44. The SMILES string of the molecule is C/C(=C/C(=O)O)C(=O)O.[H-].[Na+]. The Balaban J connectivity index is -0.000000320. The van der Waals surface area contributed by atoms with Gasteiger partial charge in [0.2, 0.25) is 0 Å². The molecular formula is C5H7NaO4. The molecule has 0 rings (SSSR count). The van der Waals surface area contributed by atoms with Crippen LogP contribution in [-0.4, -0.2) is 22.2 Å². The third-order valence-corrected chi connectivity index (χ3v) is 0.677. The third-order valence-electron chi connectivity index (χ3n) is 0.677. The van der Waals surface area contributed by atoms with Gasteiger partial charge in [0.15, 0.2) is 0 Å². The van der Waals surface area contributed by atoms with Crippen LogP contribution in [0.3, 0.4) is 0 Å². The van der Waals surface area contributed by atoms with Crippen molar-refractivity contribution in [3.8, 4) is 0 Å². The zero-order valence-electron chi connectivity index (χ0n) is 6.79. The summed E-state index contributed by atoms with van der Waals surface area (Å²) in [6.45, 7) is 1.22. The average molecular weight is 154 g/mol. The first-order valence-electron chi connectivity index (χ1n) is 2.18. The summed E-state index contributed by atoms with van der Waals surface area (Å²) in [6, 6.07) is 0. The summed E-state index contributed by atoms with van der Waals surface area (Å²) in [6.07, 6.45) is 0.641. The van der Waals surface area contributed by atoms with Crippen LogP contribution in [0, 0.1) is 0 Å². The predicted molar refractivity (Wildman–Crippen MR) is 30.1 cm³/mol. The van der Waals surface area contributed by atoms with Crippen molar-refractivity contribution in [1.82, 2.24) is 0 Å². The van der Waals surface area contributed by atoms with Gasteiger partial charge < -0.3 is 11.6 Å². The Morgan fingerprint density at radius 2 is 1.80 bits per heavy atom. The van der Waals surface area contributed by atoms with Crippen LogP contribution in [0.15, 0.2) is 11.6 Å². The van der Waals surface area contributed by atoms with Crippen LogP contribution in [0.5, 0.6) is 0 Å². The van der Waals surface area contributed by atoms with Crippen molar-refractivity contribution in [2.75, 3.05) is 0 Å². The Labute approximate surface area is 81.3 Å². The monoisotopic (exact) mass is 154 g/mol. The zero-order valence-corrected chi connectivity index (χ0v) is 7.79. The van der Waals surface area contributed by atoms with Crippen molar-refractivity contribution in [2.24, 2.45) is 0 Å². The third kappa shape index (κ3) is 5.81. The minimum atomic E-state index is -1.24. The van der Waals surface area contributed by atoms with Gasteiger partial charge in [0.1, 0.15) is 0 Å². The van der Waals surface area contributed by atoms with Crippen molar-refractivity contribution in [3.63, 3.8) is 0 Å². The van der Waals surface area contributed by atoms with Gasteiger partial charge in [0.05, 0.1) is 0 Å². The summed E-state index contributed by atoms with van der Waals surface area (Å²) in [4.78, 5) is 19.7. The molecule has 0 aromatic rings. The van der Waals surface area contributed by atoms with Gasteiger partial charge in [-0.3, -0.25) is 0 Å². The number of carboxylic acid groups (broad SMARTS) is 2. The quantitative estimate of drug-likeness (QED) is 0.333. The van der Waals surface area contributed by atoms with Crippen molar-refractivity contribution in [3.05, 3.63) is 11.6 Å². The molecule has 0 atom stereocenters. The average Bonchev–Trinajstić information content (AvgIpc) is 1.63. The second-order valence-corrected chi connectivity index (χ2v) is 1.47. The molecule has 52 valence electrons. The van der Waals surface area contributed by atoms with E-state index in [0.29, 0.717) is 6.08 Å². The molecule has 0 aliphatic carbocycles. The fraction of sp³-hybridized carbons (Fsp3) is 0.200. The summed E-state index contributed by atoms with van der Waals surface area (Å²) < 4.78 is 0. The predicted octanol–water partition coefficient (Wildman–Crippen LogP) is -2.78. The van der Waals surface area contributed by atoms with Crippen LogP contribution in [-0.2, 0) is 9.59 Å². The molecule has 0 amide bonds. The van der Waals surface area contributed by atoms with Crippen molar-refractivity contribution in [2.45, 2.75) is 6.92 Å². The van der Waals surface area contributed by atoms with E-state index in [2.05, 4.69) is 0 Å². The largest absolute Gasteiger partial charge is 1.00 e. The van der Waals surface area contributed by atoms with Crippen LogP contribution in [0.4, 0.5) is 0 Å². The van der Waals surface area contributed by atoms with E-state index in [9.17, 15) is 9.59 Å². The second-order valence-electron chi connectivity index (χ2n) is 1.47. The van der Waals surface area contributed by atoms with Crippen molar-refractivity contribution >= 4 is 11.9 Å². The van der Waals surface area contributed by atoms with Crippen LogP contribution in [0.1, 0.15) is 8.35 Å². The molecule has 0 spiro atoms. The van der Waals surface area contributed by atoms with Crippen LogP contribution in [0.25, 0.3) is 0 Å². The molecule has 0 unspecified atom stereocenters. The van der Waals surface area contributed by atoms with Gasteiger partial charge in [-0.25, -0.2) is 9.59 Å². The van der Waals surface area contributed by atoms with Gasteiger partial charge in [0, 0.05) is 11.6 Å². The normalized spacial score (nSPS) is 9.90. The fourth-order valence-corrected chi connectivity index (χ4v) is 0.247. The maximum absolute atomic E-state index is 9.90. The van der Waals surface area contributed by atoms with E-state index in [1.54, 1.807) is 0 Å². The van der Waals surface area contributed by atoms with Gasteiger partial charge in [-0.2, -0.15) is 0 Å². The second kappa shape index (κ2) is 5.46. The number of hydrogen-bond acceptors (Lipinski definition) is 2. The summed E-state index contributed by atoms with van der Waals surface area (Å²) in [7, 11) is 0. The minimum Gasteiger partial charge on any atom is -1.00 e. The molecule has 0 heterocycles. The first-order chi connectivity index (χ1) is 4.04. The van der Waals surface area contributed by atoms with Crippen LogP contribution >= 0.6 is 0 Å². The van der Waals surface area contributed by atoms with E-state index in [-0.39, 0.29) is 36.6 Å². The van der Waals surface area contributed by atoms with Gasteiger partial charge in [-0.1, -0.05) is 0 Å². The molecule has 0 bridgehead atoms. The first-order valence-corrected chi connectivity index (χ1v) is 2.18. The van der Waals surface area contributed by atoms with Crippen LogP contribution in [0.2, 0.25) is 0 Å². The first kappa shape index (κ1) is 12.4. The number of aliphatic carboxylic acids is 2. The van der Waals surface area contributed by atoms with E-state index < -0.39 is 11.9 Å². The maximum Gasteiger partial charge on any atom is 1.00 e. The van der Waals surface area contributed by atoms with Gasteiger partial charge >= 0.3 is 41.5 Å².